The average Bonchev–Trinajstić information content (AvgIpc) is 2.49. The Morgan fingerprint density at radius 2 is 2.21 bits per heavy atom. The summed E-state index contributed by atoms with van der Waals surface area (Å²) in [5.74, 6) is 0.856. The summed E-state index contributed by atoms with van der Waals surface area (Å²) in [5.41, 5.74) is 2.11. The maximum atomic E-state index is 5.28. The van der Waals surface area contributed by atoms with Gasteiger partial charge in [-0.05, 0) is 36.7 Å². The van der Waals surface area contributed by atoms with E-state index in [1.807, 2.05) is 24.3 Å². The first-order valence-corrected chi connectivity index (χ1v) is 6.48. The topological polar surface area (TPSA) is 47.0 Å². The second-order valence-electron chi connectivity index (χ2n) is 4.30. The van der Waals surface area contributed by atoms with Gasteiger partial charge >= 0.3 is 0 Å². The van der Waals surface area contributed by atoms with Crippen LogP contribution in [-0.2, 0) is 0 Å². The molecule has 0 radical (unpaired) electrons. The summed E-state index contributed by atoms with van der Waals surface area (Å²) in [4.78, 5) is 8.32. The summed E-state index contributed by atoms with van der Waals surface area (Å²) in [6.45, 7) is 3.08. The standard InChI is InChI=1S/C15H19N3O/c1-3-8-17-15(14-7-9-16-11-18-14)12-5-4-6-13(10-12)19-2/h4-7,9-11,15,17H,3,8H2,1-2H3. The lowest BCUT2D eigenvalue weighted by atomic mass is 10.0. The highest BCUT2D eigenvalue weighted by Crippen LogP contribution is 2.23. The Kier molecular flexibility index (Phi) is 4.86. The number of hydrogen-bond donors (Lipinski definition) is 1. The minimum absolute atomic E-state index is 0.0676. The SMILES string of the molecule is CCCNC(c1cccc(OC)c1)c1ccncn1. The van der Waals surface area contributed by atoms with Gasteiger partial charge in [0.1, 0.15) is 12.1 Å². The zero-order valence-corrected chi connectivity index (χ0v) is 11.3. The molecule has 2 rings (SSSR count). The predicted molar refractivity (Wildman–Crippen MR) is 75.2 cm³/mol. The van der Waals surface area contributed by atoms with E-state index in [0.717, 1.165) is 30.0 Å². The molecule has 0 bridgehead atoms. The lowest BCUT2D eigenvalue weighted by molar-refractivity contribution is 0.413. The van der Waals surface area contributed by atoms with Crippen LogP contribution in [0.1, 0.15) is 30.6 Å². The zero-order chi connectivity index (χ0) is 13.5. The molecule has 1 unspecified atom stereocenters. The first-order chi connectivity index (χ1) is 9.35. The second kappa shape index (κ2) is 6.85. The molecule has 1 aromatic carbocycles. The molecule has 0 saturated heterocycles. The van der Waals surface area contributed by atoms with Gasteiger partial charge in [-0.2, -0.15) is 0 Å². The molecule has 0 aliphatic carbocycles. The molecule has 1 aromatic heterocycles. The van der Waals surface area contributed by atoms with Crippen LogP contribution >= 0.6 is 0 Å². The maximum absolute atomic E-state index is 5.28. The number of benzene rings is 1. The van der Waals surface area contributed by atoms with E-state index in [-0.39, 0.29) is 6.04 Å². The Balaban J connectivity index is 2.31. The van der Waals surface area contributed by atoms with Crippen molar-refractivity contribution in [3.8, 4) is 5.75 Å². The molecule has 0 saturated carbocycles. The summed E-state index contributed by atoms with van der Waals surface area (Å²) in [5, 5.41) is 3.51. The fourth-order valence-electron chi connectivity index (χ4n) is 1.97. The molecule has 0 spiro atoms. The van der Waals surface area contributed by atoms with Gasteiger partial charge in [-0.1, -0.05) is 19.1 Å². The monoisotopic (exact) mass is 257 g/mol. The Bertz CT molecular complexity index is 502. The van der Waals surface area contributed by atoms with Crippen LogP contribution in [0.2, 0.25) is 0 Å². The number of rotatable bonds is 6. The van der Waals surface area contributed by atoms with Crippen LogP contribution < -0.4 is 10.1 Å². The van der Waals surface area contributed by atoms with E-state index in [1.54, 1.807) is 19.6 Å². The average molecular weight is 257 g/mol. The molecule has 1 atom stereocenters. The summed E-state index contributed by atoms with van der Waals surface area (Å²) in [7, 11) is 1.68. The van der Waals surface area contributed by atoms with Gasteiger partial charge in [-0.15, -0.1) is 0 Å². The van der Waals surface area contributed by atoms with Gasteiger partial charge in [0, 0.05) is 6.20 Å². The van der Waals surface area contributed by atoms with Gasteiger partial charge in [-0.3, -0.25) is 0 Å². The molecule has 0 amide bonds. The number of methoxy groups -OCH3 is 1. The molecule has 4 nitrogen and oxygen atoms in total. The third kappa shape index (κ3) is 3.51. The molecular formula is C15H19N3O. The molecule has 1 heterocycles. The molecule has 19 heavy (non-hydrogen) atoms. The molecule has 0 aliphatic heterocycles. The van der Waals surface area contributed by atoms with Crippen molar-refractivity contribution >= 4 is 0 Å². The Labute approximate surface area is 113 Å². The highest BCUT2D eigenvalue weighted by Gasteiger charge is 2.14. The maximum Gasteiger partial charge on any atom is 0.119 e. The highest BCUT2D eigenvalue weighted by atomic mass is 16.5. The number of nitrogens with zero attached hydrogens (tertiary/aromatic N) is 2. The van der Waals surface area contributed by atoms with Crippen LogP contribution in [0.15, 0.2) is 42.9 Å². The molecule has 4 heteroatoms. The largest absolute Gasteiger partial charge is 0.497 e. The van der Waals surface area contributed by atoms with Crippen LogP contribution in [0.3, 0.4) is 0 Å². The quantitative estimate of drug-likeness (QED) is 0.864. The number of hydrogen-bond acceptors (Lipinski definition) is 4. The minimum atomic E-state index is 0.0676. The number of aromatic nitrogens is 2. The van der Waals surface area contributed by atoms with Crippen LogP contribution in [-0.4, -0.2) is 23.6 Å². The van der Waals surface area contributed by atoms with E-state index in [9.17, 15) is 0 Å². The van der Waals surface area contributed by atoms with E-state index in [4.69, 9.17) is 4.74 Å². The summed E-state index contributed by atoms with van der Waals surface area (Å²) < 4.78 is 5.28. The van der Waals surface area contributed by atoms with Gasteiger partial charge in [0.05, 0.1) is 18.8 Å². The van der Waals surface area contributed by atoms with Gasteiger partial charge in [-0.25, -0.2) is 9.97 Å². The first-order valence-electron chi connectivity index (χ1n) is 6.48. The van der Waals surface area contributed by atoms with E-state index in [2.05, 4.69) is 28.3 Å². The third-order valence-electron chi connectivity index (χ3n) is 2.93. The van der Waals surface area contributed by atoms with Crippen molar-refractivity contribution < 1.29 is 4.74 Å². The third-order valence-corrected chi connectivity index (χ3v) is 2.93. The fourth-order valence-corrected chi connectivity index (χ4v) is 1.97. The van der Waals surface area contributed by atoms with Crippen molar-refractivity contribution in [1.82, 2.24) is 15.3 Å². The van der Waals surface area contributed by atoms with Crippen molar-refractivity contribution in [2.45, 2.75) is 19.4 Å². The Morgan fingerprint density at radius 3 is 2.89 bits per heavy atom. The highest BCUT2D eigenvalue weighted by molar-refractivity contribution is 5.34. The van der Waals surface area contributed by atoms with Crippen LogP contribution in [0.25, 0.3) is 0 Å². The molecule has 0 aliphatic rings. The van der Waals surface area contributed by atoms with Crippen molar-refractivity contribution in [3.05, 3.63) is 54.1 Å². The first kappa shape index (κ1) is 13.5. The lowest BCUT2D eigenvalue weighted by Crippen LogP contribution is -2.24. The molecule has 0 fully saturated rings. The lowest BCUT2D eigenvalue weighted by Gasteiger charge is -2.18. The van der Waals surface area contributed by atoms with Gasteiger partial charge < -0.3 is 10.1 Å². The second-order valence-corrected chi connectivity index (χ2v) is 4.30. The van der Waals surface area contributed by atoms with Crippen LogP contribution in [0, 0.1) is 0 Å². The zero-order valence-electron chi connectivity index (χ0n) is 11.3. The fraction of sp³-hybridized carbons (Fsp3) is 0.333. The van der Waals surface area contributed by atoms with E-state index < -0.39 is 0 Å². The van der Waals surface area contributed by atoms with Gasteiger partial charge in [0.2, 0.25) is 0 Å². The number of ether oxygens (including phenoxy) is 1. The van der Waals surface area contributed by atoms with E-state index in [1.165, 1.54) is 0 Å². The number of nitrogens with one attached hydrogen (secondary N) is 1. The molecule has 100 valence electrons. The van der Waals surface area contributed by atoms with Crippen molar-refractivity contribution in [2.75, 3.05) is 13.7 Å². The Morgan fingerprint density at radius 1 is 1.32 bits per heavy atom. The summed E-state index contributed by atoms with van der Waals surface area (Å²) in [6.07, 6.45) is 4.42. The normalized spacial score (nSPS) is 12.1. The smallest absolute Gasteiger partial charge is 0.119 e. The van der Waals surface area contributed by atoms with E-state index in [0.29, 0.717) is 0 Å². The summed E-state index contributed by atoms with van der Waals surface area (Å²) >= 11 is 0. The van der Waals surface area contributed by atoms with Gasteiger partial charge in [0.25, 0.3) is 0 Å². The van der Waals surface area contributed by atoms with Crippen LogP contribution in [0.4, 0.5) is 0 Å². The predicted octanol–water partition coefficient (Wildman–Crippen LogP) is 2.57. The van der Waals surface area contributed by atoms with Gasteiger partial charge in [0.15, 0.2) is 0 Å². The van der Waals surface area contributed by atoms with E-state index >= 15 is 0 Å². The Hall–Kier alpha value is -1.94. The van der Waals surface area contributed by atoms with Crippen molar-refractivity contribution in [2.24, 2.45) is 0 Å². The van der Waals surface area contributed by atoms with Crippen LogP contribution in [0.5, 0.6) is 5.75 Å². The molecule has 2 aromatic rings. The minimum Gasteiger partial charge on any atom is -0.497 e. The molecule has 1 N–H and O–H groups in total. The van der Waals surface area contributed by atoms with Crippen molar-refractivity contribution in [3.63, 3.8) is 0 Å². The molecular weight excluding hydrogens is 238 g/mol. The summed E-state index contributed by atoms with van der Waals surface area (Å²) in [6, 6.07) is 10.1. The van der Waals surface area contributed by atoms with Crippen molar-refractivity contribution in [1.29, 1.82) is 0 Å².